The fourth-order valence-corrected chi connectivity index (χ4v) is 2.09. The van der Waals surface area contributed by atoms with Gasteiger partial charge in [-0.15, -0.1) is 0 Å². The fourth-order valence-electron chi connectivity index (χ4n) is 1.62. The maximum Gasteiger partial charge on any atom is 0.0669 e. The van der Waals surface area contributed by atoms with E-state index < -0.39 is 0 Å². The molecule has 0 aliphatic rings. The van der Waals surface area contributed by atoms with Gasteiger partial charge < -0.3 is 5.73 Å². The fraction of sp³-hybridized carbons (Fsp3) is 0.0714. The van der Waals surface area contributed by atoms with E-state index in [1.165, 1.54) is 0 Å². The first kappa shape index (κ1) is 15.0. The van der Waals surface area contributed by atoms with Gasteiger partial charge >= 0.3 is 0 Å². The Bertz CT molecular complexity index is 669. The van der Waals surface area contributed by atoms with E-state index in [-0.39, 0.29) is 0 Å². The van der Waals surface area contributed by atoms with Crippen LogP contribution in [0.4, 0.5) is 11.4 Å². The topological polar surface area (TPSA) is 50.4 Å². The number of anilines is 2. The normalized spacial score (nSPS) is 11.5. The van der Waals surface area contributed by atoms with Crippen LogP contribution in [0.2, 0.25) is 15.1 Å². The summed E-state index contributed by atoms with van der Waals surface area (Å²) in [7, 11) is 0. The van der Waals surface area contributed by atoms with Crippen LogP contribution < -0.4 is 11.2 Å². The summed E-state index contributed by atoms with van der Waals surface area (Å²) in [6.45, 7) is 1.84. The van der Waals surface area contributed by atoms with Gasteiger partial charge in [0.2, 0.25) is 0 Å². The van der Waals surface area contributed by atoms with Gasteiger partial charge in [0.05, 0.1) is 21.4 Å². The molecule has 0 fully saturated rings. The number of nitrogens with zero attached hydrogens (tertiary/aromatic N) is 1. The number of halogens is 3. The molecular formula is C14H12Cl3N3. The summed E-state index contributed by atoms with van der Waals surface area (Å²) in [5, 5.41) is 5.84. The molecule has 0 atom stereocenters. The standard InChI is InChI=1S/C14H12Cl3N3/c1-8(11-6-9(15)2-5-14(11)18)19-20-10-3-4-12(16)13(17)7-10/h2-7,20H,18H2,1H3/b19-8+. The molecule has 0 aromatic heterocycles. The van der Waals surface area contributed by atoms with Crippen molar-refractivity contribution in [2.75, 3.05) is 11.2 Å². The van der Waals surface area contributed by atoms with E-state index in [9.17, 15) is 0 Å². The zero-order valence-corrected chi connectivity index (χ0v) is 12.9. The Kier molecular flexibility index (Phi) is 4.76. The van der Waals surface area contributed by atoms with Gasteiger partial charge in [0, 0.05) is 16.3 Å². The first-order chi connectivity index (χ1) is 9.47. The Labute approximate surface area is 132 Å². The number of benzene rings is 2. The minimum Gasteiger partial charge on any atom is -0.398 e. The molecule has 0 amide bonds. The van der Waals surface area contributed by atoms with Crippen molar-refractivity contribution in [3.05, 3.63) is 57.0 Å². The molecule has 0 aliphatic heterocycles. The van der Waals surface area contributed by atoms with Crippen LogP contribution in [0, 0.1) is 0 Å². The third kappa shape index (κ3) is 3.57. The molecule has 2 rings (SSSR count). The third-order valence-electron chi connectivity index (χ3n) is 2.68. The second kappa shape index (κ2) is 6.35. The first-order valence-electron chi connectivity index (χ1n) is 5.78. The van der Waals surface area contributed by atoms with Gasteiger partial charge in [-0.3, -0.25) is 5.43 Å². The summed E-state index contributed by atoms with van der Waals surface area (Å²) in [6, 6.07) is 10.4. The van der Waals surface area contributed by atoms with Crippen LogP contribution in [0.25, 0.3) is 0 Å². The van der Waals surface area contributed by atoms with E-state index in [4.69, 9.17) is 40.5 Å². The molecule has 3 nitrogen and oxygen atoms in total. The van der Waals surface area contributed by atoms with Crippen molar-refractivity contribution in [2.45, 2.75) is 6.92 Å². The summed E-state index contributed by atoms with van der Waals surface area (Å²) in [5.41, 5.74) is 11.7. The second-order valence-electron chi connectivity index (χ2n) is 4.17. The number of nitrogens with one attached hydrogen (secondary N) is 1. The highest BCUT2D eigenvalue weighted by molar-refractivity contribution is 6.42. The molecule has 0 spiro atoms. The Morgan fingerprint density at radius 1 is 1.05 bits per heavy atom. The van der Waals surface area contributed by atoms with Gasteiger partial charge in [0.1, 0.15) is 0 Å². The van der Waals surface area contributed by atoms with E-state index in [0.717, 1.165) is 17.0 Å². The largest absolute Gasteiger partial charge is 0.398 e. The molecule has 0 unspecified atom stereocenters. The highest BCUT2D eigenvalue weighted by Crippen LogP contribution is 2.25. The Hall–Kier alpha value is -1.42. The average molecular weight is 329 g/mol. The minimum absolute atomic E-state index is 0.465. The van der Waals surface area contributed by atoms with E-state index >= 15 is 0 Å². The molecule has 2 aromatic carbocycles. The summed E-state index contributed by atoms with van der Waals surface area (Å²) in [5.74, 6) is 0. The molecule has 0 radical (unpaired) electrons. The van der Waals surface area contributed by atoms with Crippen LogP contribution in [0.15, 0.2) is 41.5 Å². The van der Waals surface area contributed by atoms with Crippen LogP contribution in [-0.4, -0.2) is 5.71 Å². The molecule has 3 N–H and O–H groups in total. The van der Waals surface area contributed by atoms with Gasteiger partial charge in [-0.25, -0.2) is 0 Å². The molecule has 0 bridgehead atoms. The number of hydrogen-bond acceptors (Lipinski definition) is 3. The maximum atomic E-state index is 5.95. The van der Waals surface area contributed by atoms with Crippen LogP contribution in [0.1, 0.15) is 12.5 Å². The summed E-state index contributed by atoms with van der Waals surface area (Å²) < 4.78 is 0. The molecule has 6 heteroatoms. The van der Waals surface area contributed by atoms with Crippen molar-refractivity contribution in [2.24, 2.45) is 5.10 Å². The monoisotopic (exact) mass is 327 g/mol. The highest BCUT2D eigenvalue weighted by atomic mass is 35.5. The first-order valence-corrected chi connectivity index (χ1v) is 6.91. The van der Waals surface area contributed by atoms with Crippen LogP contribution in [0.5, 0.6) is 0 Å². The van der Waals surface area contributed by atoms with E-state index in [1.54, 1.807) is 36.4 Å². The lowest BCUT2D eigenvalue weighted by Gasteiger charge is -2.07. The Balaban J connectivity index is 2.22. The SMILES string of the molecule is C/C(=N\Nc1ccc(Cl)c(Cl)c1)c1cc(Cl)ccc1N. The van der Waals surface area contributed by atoms with Gasteiger partial charge in [-0.2, -0.15) is 5.10 Å². The van der Waals surface area contributed by atoms with Crippen molar-refractivity contribution in [3.8, 4) is 0 Å². The van der Waals surface area contributed by atoms with Crippen molar-refractivity contribution in [3.63, 3.8) is 0 Å². The maximum absolute atomic E-state index is 5.95. The van der Waals surface area contributed by atoms with Crippen LogP contribution >= 0.6 is 34.8 Å². The van der Waals surface area contributed by atoms with Crippen molar-refractivity contribution in [1.82, 2.24) is 0 Å². The molecular weight excluding hydrogens is 317 g/mol. The number of hydrogen-bond donors (Lipinski definition) is 2. The smallest absolute Gasteiger partial charge is 0.0669 e. The van der Waals surface area contributed by atoms with E-state index in [2.05, 4.69) is 10.5 Å². The lowest BCUT2D eigenvalue weighted by Crippen LogP contribution is -2.03. The highest BCUT2D eigenvalue weighted by Gasteiger charge is 2.04. The van der Waals surface area contributed by atoms with Gasteiger partial charge in [0.25, 0.3) is 0 Å². The predicted molar refractivity (Wildman–Crippen MR) is 88.2 cm³/mol. The zero-order valence-electron chi connectivity index (χ0n) is 10.6. The lowest BCUT2D eigenvalue weighted by atomic mass is 10.1. The Morgan fingerprint density at radius 2 is 1.80 bits per heavy atom. The van der Waals surface area contributed by atoms with Crippen LogP contribution in [-0.2, 0) is 0 Å². The zero-order chi connectivity index (χ0) is 14.7. The number of hydrazone groups is 1. The minimum atomic E-state index is 0.465. The summed E-state index contributed by atoms with van der Waals surface area (Å²) >= 11 is 17.7. The summed E-state index contributed by atoms with van der Waals surface area (Å²) in [6.07, 6.45) is 0. The molecule has 104 valence electrons. The van der Waals surface area contributed by atoms with Crippen molar-refractivity contribution in [1.29, 1.82) is 0 Å². The van der Waals surface area contributed by atoms with Crippen molar-refractivity contribution < 1.29 is 0 Å². The quantitative estimate of drug-likeness (QED) is 0.470. The number of nitrogens with two attached hydrogens (primary N) is 1. The molecule has 0 saturated heterocycles. The van der Waals surface area contributed by atoms with Crippen LogP contribution in [0.3, 0.4) is 0 Å². The van der Waals surface area contributed by atoms with Gasteiger partial charge in [-0.1, -0.05) is 34.8 Å². The van der Waals surface area contributed by atoms with Gasteiger partial charge in [0.15, 0.2) is 0 Å². The average Bonchev–Trinajstić information content (AvgIpc) is 2.42. The molecule has 20 heavy (non-hydrogen) atoms. The molecule has 0 saturated carbocycles. The van der Waals surface area contributed by atoms with Gasteiger partial charge in [-0.05, 0) is 43.3 Å². The Morgan fingerprint density at radius 3 is 2.50 bits per heavy atom. The second-order valence-corrected chi connectivity index (χ2v) is 5.42. The molecule has 0 heterocycles. The number of nitrogen functional groups attached to an aromatic ring is 1. The number of rotatable bonds is 3. The summed E-state index contributed by atoms with van der Waals surface area (Å²) in [4.78, 5) is 0. The van der Waals surface area contributed by atoms with E-state index in [0.29, 0.717) is 20.8 Å². The third-order valence-corrected chi connectivity index (χ3v) is 3.65. The molecule has 0 aliphatic carbocycles. The lowest BCUT2D eigenvalue weighted by molar-refractivity contribution is 1.32. The molecule has 2 aromatic rings. The predicted octanol–water partition coefficient (Wildman–Crippen LogP) is 5.07. The van der Waals surface area contributed by atoms with E-state index in [1.807, 2.05) is 6.92 Å². The van der Waals surface area contributed by atoms with Crippen molar-refractivity contribution >= 4 is 51.9 Å².